The minimum Gasteiger partial charge on any atom is -0.335 e. The largest absolute Gasteiger partial charge is 0.335 e. The molecule has 23 heavy (non-hydrogen) atoms. The predicted molar refractivity (Wildman–Crippen MR) is 91.6 cm³/mol. The first-order valence-corrected chi connectivity index (χ1v) is 9.81. The summed E-state index contributed by atoms with van der Waals surface area (Å²) in [5.41, 5.74) is 0. The van der Waals surface area contributed by atoms with Crippen LogP contribution in [0.15, 0.2) is 0 Å². The zero-order valence-corrected chi connectivity index (χ0v) is 15.2. The van der Waals surface area contributed by atoms with Crippen molar-refractivity contribution in [2.75, 3.05) is 25.4 Å². The molecule has 0 aromatic heterocycles. The zero-order chi connectivity index (χ0) is 17.0. The molecule has 2 N–H and O–H groups in total. The first-order valence-electron chi connectivity index (χ1n) is 8.49. The van der Waals surface area contributed by atoms with Crippen LogP contribution in [-0.2, 0) is 15.6 Å². The Morgan fingerprint density at radius 2 is 1.96 bits per heavy atom. The van der Waals surface area contributed by atoms with Gasteiger partial charge in [0.1, 0.15) is 0 Å². The summed E-state index contributed by atoms with van der Waals surface area (Å²) in [6.45, 7) is 7.45. The Morgan fingerprint density at radius 3 is 2.61 bits per heavy atom. The van der Waals surface area contributed by atoms with Crippen molar-refractivity contribution in [1.82, 2.24) is 15.5 Å². The number of nitrogens with one attached hydrogen (secondary N) is 2. The van der Waals surface area contributed by atoms with Crippen molar-refractivity contribution in [3.63, 3.8) is 0 Å². The molecule has 0 aromatic rings. The third kappa shape index (κ3) is 5.28. The number of rotatable bonds is 3. The molecular formula is C16H29N3O3S. The van der Waals surface area contributed by atoms with E-state index >= 15 is 0 Å². The predicted octanol–water partition coefficient (Wildman–Crippen LogP) is 1.23. The lowest BCUT2D eigenvalue weighted by Crippen LogP contribution is -2.54. The van der Waals surface area contributed by atoms with Gasteiger partial charge in [0, 0.05) is 35.7 Å². The Balaban J connectivity index is 1.76. The van der Waals surface area contributed by atoms with Crippen molar-refractivity contribution < 1.29 is 13.8 Å². The fourth-order valence-electron chi connectivity index (χ4n) is 3.42. The van der Waals surface area contributed by atoms with Crippen LogP contribution in [0.5, 0.6) is 0 Å². The lowest BCUT2D eigenvalue weighted by molar-refractivity contribution is -0.121. The highest BCUT2D eigenvalue weighted by atomic mass is 32.2. The smallest absolute Gasteiger partial charge is 0.321 e. The molecule has 0 aromatic carbocycles. The number of imide groups is 1. The first kappa shape index (κ1) is 18.4. The number of carbonyl (C=O) groups excluding carboxylic acids is 2. The second kappa shape index (κ2) is 7.75. The van der Waals surface area contributed by atoms with Crippen LogP contribution in [0, 0.1) is 5.92 Å². The van der Waals surface area contributed by atoms with E-state index in [-0.39, 0.29) is 23.2 Å². The third-order valence-electron chi connectivity index (χ3n) is 4.86. The fourth-order valence-corrected chi connectivity index (χ4v) is 4.72. The van der Waals surface area contributed by atoms with Gasteiger partial charge in [-0.1, -0.05) is 19.8 Å². The Kier molecular flexibility index (Phi) is 6.19. The van der Waals surface area contributed by atoms with Gasteiger partial charge in [-0.05, 0) is 32.6 Å². The summed E-state index contributed by atoms with van der Waals surface area (Å²) >= 11 is 0. The van der Waals surface area contributed by atoms with E-state index in [1.807, 2.05) is 18.7 Å². The number of hydrogen-bond donors (Lipinski definition) is 2. The van der Waals surface area contributed by atoms with Crippen LogP contribution < -0.4 is 10.6 Å². The van der Waals surface area contributed by atoms with Crippen LogP contribution in [0.25, 0.3) is 0 Å². The van der Waals surface area contributed by atoms with Crippen LogP contribution in [0.1, 0.15) is 46.5 Å². The summed E-state index contributed by atoms with van der Waals surface area (Å²) < 4.78 is 11.6. The molecule has 132 valence electrons. The van der Waals surface area contributed by atoms with Crippen molar-refractivity contribution in [2.45, 2.75) is 57.2 Å². The minimum atomic E-state index is -0.859. The van der Waals surface area contributed by atoms with E-state index in [0.29, 0.717) is 24.8 Å². The standard InChI is InChI=1S/C16H29N3O3S/c1-12-6-4-5-7-13(12)17-15(21)18-14(20)10-19-8-9-23(22)16(2,3)11-19/h12-13H,4-11H2,1-3H3,(H2,17,18,20,21). The van der Waals surface area contributed by atoms with Crippen molar-refractivity contribution >= 4 is 22.7 Å². The van der Waals surface area contributed by atoms with Gasteiger partial charge < -0.3 is 5.32 Å². The van der Waals surface area contributed by atoms with Gasteiger partial charge in [-0.3, -0.25) is 19.2 Å². The molecule has 2 aliphatic rings. The van der Waals surface area contributed by atoms with Crippen molar-refractivity contribution in [3.05, 3.63) is 0 Å². The van der Waals surface area contributed by atoms with E-state index in [4.69, 9.17) is 0 Å². The topological polar surface area (TPSA) is 78.5 Å². The highest BCUT2D eigenvalue weighted by molar-refractivity contribution is 7.86. The van der Waals surface area contributed by atoms with Gasteiger partial charge in [0.05, 0.1) is 11.3 Å². The molecule has 2 rings (SSSR count). The monoisotopic (exact) mass is 343 g/mol. The summed E-state index contributed by atoms with van der Waals surface area (Å²) in [6.07, 6.45) is 4.45. The molecule has 1 saturated carbocycles. The summed E-state index contributed by atoms with van der Waals surface area (Å²) in [5, 5.41) is 5.35. The van der Waals surface area contributed by atoms with E-state index in [0.717, 1.165) is 19.3 Å². The lowest BCUT2D eigenvalue weighted by atomic mass is 9.86. The van der Waals surface area contributed by atoms with Gasteiger partial charge >= 0.3 is 6.03 Å². The molecule has 6 nitrogen and oxygen atoms in total. The second-order valence-corrected chi connectivity index (χ2v) is 9.61. The third-order valence-corrected chi connectivity index (χ3v) is 6.78. The van der Waals surface area contributed by atoms with Crippen molar-refractivity contribution in [3.8, 4) is 0 Å². The van der Waals surface area contributed by atoms with Gasteiger partial charge in [0.25, 0.3) is 0 Å². The molecule has 0 radical (unpaired) electrons. The Morgan fingerprint density at radius 1 is 1.26 bits per heavy atom. The van der Waals surface area contributed by atoms with Crippen molar-refractivity contribution in [2.24, 2.45) is 5.92 Å². The summed E-state index contributed by atoms with van der Waals surface area (Å²) in [7, 11) is -0.859. The SMILES string of the molecule is CC1CCCCC1NC(=O)NC(=O)CN1CCS(=O)C(C)(C)C1. The van der Waals surface area contributed by atoms with Crippen LogP contribution >= 0.6 is 0 Å². The van der Waals surface area contributed by atoms with Gasteiger partial charge in [0.2, 0.25) is 5.91 Å². The summed E-state index contributed by atoms with van der Waals surface area (Å²) in [6, 6.07) is -0.235. The average Bonchev–Trinajstić information content (AvgIpc) is 2.45. The molecule has 1 aliphatic carbocycles. The van der Waals surface area contributed by atoms with E-state index in [1.165, 1.54) is 6.42 Å². The molecule has 2 fully saturated rings. The highest BCUT2D eigenvalue weighted by Crippen LogP contribution is 2.23. The lowest BCUT2D eigenvalue weighted by Gasteiger charge is -2.36. The molecule has 1 aliphatic heterocycles. The number of urea groups is 1. The molecule has 7 heteroatoms. The van der Waals surface area contributed by atoms with Crippen LogP contribution in [0.2, 0.25) is 0 Å². The molecule has 1 heterocycles. The molecule has 3 atom stereocenters. The first-order chi connectivity index (χ1) is 10.8. The summed E-state index contributed by atoms with van der Waals surface area (Å²) in [5.74, 6) is 0.739. The Bertz CT molecular complexity index is 481. The van der Waals surface area contributed by atoms with Gasteiger partial charge in [-0.25, -0.2) is 4.79 Å². The maximum absolute atomic E-state index is 12.0. The van der Waals surface area contributed by atoms with E-state index in [1.54, 1.807) is 0 Å². The molecule has 0 bridgehead atoms. The fraction of sp³-hybridized carbons (Fsp3) is 0.875. The molecule has 3 amide bonds. The van der Waals surface area contributed by atoms with Crippen LogP contribution in [0.3, 0.4) is 0 Å². The maximum atomic E-state index is 12.0. The van der Waals surface area contributed by atoms with E-state index in [2.05, 4.69) is 17.6 Å². The normalized spacial score (nSPS) is 31.3. The molecule has 3 unspecified atom stereocenters. The van der Waals surface area contributed by atoms with E-state index in [9.17, 15) is 13.8 Å². The zero-order valence-electron chi connectivity index (χ0n) is 14.4. The quantitative estimate of drug-likeness (QED) is 0.808. The van der Waals surface area contributed by atoms with Crippen LogP contribution in [-0.4, -0.2) is 57.2 Å². The Hall–Kier alpha value is -0.950. The number of amides is 3. The van der Waals surface area contributed by atoms with Gasteiger partial charge in [-0.2, -0.15) is 0 Å². The van der Waals surface area contributed by atoms with E-state index < -0.39 is 16.8 Å². The molecule has 1 saturated heterocycles. The molecular weight excluding hydrogens is 314 g/mol. The highest BCUT2D eigenvalue weighted by Gasteiger charge is 2.34. The number of nitrogens with zero attached hydrogens (tertiary/aromatic N) is 1. The minimum absolute atomic E-state index is 0.160. The maximum Gasteiger partial charge on any atom is 0.321 e. The number of hydrogen-bond acceptors (Lipinski definition) is 4. The number of carbonyl (C=O) groups is 2. The Labute approximate surface area is 141 Å². The van der Waals surface area contributed by atoms with Crippen molar-refractivity contribution in [1.29, 1.82) is 0 Å². The van der Waals surface area contributed by atoms with Gasteiger partial charge in [0.15, 0.2) is 0 Å². The average molecular weight is 343 g/mol. The summed E-state index contributed by atoms with van der Waals surface area (Å²) in [4.78, 5) is 26.0. The second-order valence-electron chi connectivity index (χ2n) is 7.41. The molecule has 0 spiro atoms. The van der Waals surface area contributed by atoms with Gasteiger partial charge in [-0.15, -0.1) is 0 Å². The van der Waals surface area contributed by atoms with Crippen LogP contribution in [0.4, 0.5) is 4.79 Å².